The summed E-state index contributed by atoms with van der Waals surface area (Å²) in [7, 11) is -3.40. The van der Waals surface area contributed by atoms with E-state index in [4.69, 9.17) is 4.74 Å². The van der Waals surface area contributed by atoms with Crippen molar-refractivity contribution in [2.24, 2.45) is 11.8 Å². The van der Waals surface area contributed by atoms with E-state index in [0.717, 1.165) is 0 Å². The van der Waals surface area contributed by atoms with Crippen molar-refractivity contribution in [3.8, 4) is 0 Å². The monoisotopic (exact) mass is 332 g/mol. The summed E-state index contributed by atoms with van der Waals surface area (Å²) in [5.41, 5.74) is 0.714. The normalized spacial score (nSPS) is 31.8. The summed E-state index contributed by atoms with van der Waals surface area (Å²) in [6, 6.07) is 8.72. The summed E-state index contributed by atoms with van der Waals surface area (Å²) in [5, 5.41) is -0.527. The van der Waals surface area contributed by atoms with Gasteiger partial charge in [-0.25, -0.2) is 8.42 Å². The summed E-state index contributed by atoms with van der Waals surface area (Å²) in [6.07, 6.45) is 5.96. The zero-order valence-electron chi connectivity index (χ0n) is 14.1. The van der Waals surface area contributed by atoms with E-state index in [1.807, 2.05) is 45.9 Å². The van der Waals surface area contributed by atoms with E-state index in [1.165, 1.54) is 5.57 Å². The van der Waals surface area contributed by atoms with E-state index in [2.05, 4.69) is 6.08 Å². The molecule has 3 nitrogen and oxygen atoms in total. The molecule has 1 saturated heterocycles. The van der Waals surface area contributed by atoms with Crippen molar-refractivity contribution < 1.29 is 13.2 Å². The number of hydrogen-bond donors (Lipinski definition) is 0. The minimum Gasteiger partial charge on any atom is -0.367 e. The third kappa shape index (κ3) is 2.79. The van der Waals surface area contributed by atoms with Gasteiger partial charge >= 0.3 is 0 Å². The molecule has 0 radical (unpaired) electrons. The third-order valence-corrected chi connectivity index (χ3v) is 6.94. The largest absolute Gasteiger partial charge is 0.367 e. The summed E-state index contributed by atoms with van der Waals surface area (Å²) < 4.78 is 32.3. The lowest BCUT2D eigenvalue weighted by atomic mass is 9.83. The maximum atomic E-state index is 13.1. The fourth-order valence-corrected chi connectivity index (χ4v) is 5.96. The Labute approximate surface area is 139 Å². The van der Waals surface area contributed by atoms with Crippen molar-refractivity contribution in [2.75, 3.05) is 0 Å². The Morgan fingerprint density at radius 2 is 1.78 bits per heavy atom. The van der Waals surface area contributed by atoms with Crippen LogP contribution < -0.4 is 0 Å². The molecule has 4 heteroatoms. The van der Waals surface area contributed by atoms with Crippen LogP contribution in [0.25, 0.3) is 0 Å². The lowest BCUT2D eigenvalue weighted by molar-refractivity contribution is -0.0147. The highest BCUT2D eigenvalue weighted by molar-refractivity contribution is 7.92. The van der Waals surface area contributed by atoms with Gasteiger partial charge in [-0.3, -0.25) is 0 Å². The van der Waals surface area contributed by atoms with Crippen LogP contribution in [-0.2, 0) is 14.6 Å². The summed E-state index contributed by atoms with van der Waals surface area (Å²) in [4.78, 5) is 0.386. The highest BCUT2D eigenvalue weighted by Gasteiger charge is 2.56. The molecular formula is C19H24O3S. The van der Waals surface area contributed by atoms with Gasteiger partial charge in [0.1, 0.15) is 0 Å². The first-order valence-corrected chi connectivity index (χ1v) is 9.58. The third-order valence-electron chi connectivity index (χ3n) is 4.84. The Morgan fingerprint density at radius 1 is 1.13 bits per heavy atom. The lowest BCUT2D eigenvalue weighted by Gasteiger charge is -2.30. The molecule has 0 amide bonds. The first-order chi connectivity index (χ1) is 10.7. The van der Waals surface area contributed by atoms with E-state index in [9.17, 15) is 8.42 Å². The van der Waals surface area contributed by atoms with Gasteiger partial charge in [-0.2, -0.15) is 0 Å². The van der Waals surface area contributed by atoms with Crippen molar-refractivity contribution in [3.63, 3.8) is 0 Å². The number of hydrogen-bond acceptors (Lipinski definition) is 3. The van der Waals surface area contributed by atoms with Gasteiger partial charge in [0.15, 0.2) is 9.84 Å². The Morgan fingerprint density at radius 3 is 2.39 bits per heavy atom. The lowest BCUT2D eigenvalue weighted by Crippen LogP contribution is -2.39. The van der Waals surface area contributed by atoms with Gasteiger partial charge in [0.2, 0.25) is 0 Å². The number of ether oxygens (including phenoxy) is 1. The summed E-state index contributed by atoms with van der Waals surface area (Å²) in [6.45, 7) is 8.09. The SMILES string of the molecule is CC(C)=C[C@H]1OC(C)(C)C2C1C=C[C@@H]2S(=O)(=O)c1ccccc1. The van der Waals surface area contributed by atoms with Crippen molar-refractivity contribution in [1.82, 2.24) is 0 Å². The maximum Gasteiger partial charge on any atom is 0.185 e. The topological polar surface area (TPSA) is 43.4 Å². The smallest absolute Gasteiger partial charge is 0.185 e. The van der Waals surface area contributed by atoms with E-state index < -0.39 is 20.7 Å². The van der Waals surface area contributed by atoms with Crippen LogP contribution in [-0.4, -0.2) is 25.4 Å². The molecule has 1 heterocycles. The Hall–Kier alpha value is -1.39. The average molecular weight is 332 g/mol. The van der Waals surface area contributed by atoms with Crippen LogP contribution in [0, 0.1) is 11.8 Å². The van der Waals surface area contributed by atoms with Crippen LogP contribution in [0.2, 0.25) is 0 Å². The summed E-state index contributed by atoms with van der Waals surface area (Å²) >= 11 is 0. The highest BCUT2D eigenvalue weighted by atomic mass is 32.2. The van der Waals surface area contributed by atoms with E-state index in [0.29, 0.717) is 4.90 Å². The molecular weight excluding hydrogens is 308 g/mol. The van der Waals surface area contributed by atoms with Crippen LogP contribution in [0.5, 0.6) is 0 Å². The van der Waals surface area contributed by atoms with Crippen LogP contribution in [0.3, 0.4) is 0 Å². The van der Waals surface area contributed by atoms with Crippen LogP contribution in [0.15, 0.2) is 59.0 Å². The second-order valence-electron chi connectivity index (χ2n) is 7.24. The fourth-order valence-electron chi connectivity index (χ4n) is 3.91. The first-order valence-electron chi connectivity index (χ1n) is 8.03. The molecule has 124 valence electrons. The van der Waals surface area contributed by atoms with Gasteiger partial charge in [0, 0.05) is 11.8 Å². The first kappa shape index (κ1) is 16.5. The maximum absolute atomic E-state index is 13.1. The minimum absolute atomic E-state index is 0.0489. The molecule has 1 aromatic rings. The molecule has 0 saturated carbocycles. The van der Waals surface area contributed by atoms with Crippen LogP contribution in [0.4, 0.5) is 0 Å². The second kappa shape index (κ2) is 5.60. The van der Waals surface area contributed by atoms with Crippen LogP contribution in [0.1, 0.15) is 27.7 Å². The van der Waals surface area contributed by atoms with Gasteiger partial charge < -0.3 is 4.74 Å². The molecule has 1 fully saturated rings. The standard InChI is InChI=1S/C19H24O3S/c1-13(2)12-16-15-10-11-17(18(15)19(3,4)22-16)23(20,21)14-8-6-5-7-9-14/h5-12,15-18H,1-4H3/t15?,16-,17+,18?/m1/s1. The van der Waals surface area contributed by atoms with Crippen molar-refractivity contribution in [1.29, 1.82) is 0 Å². The molecule has 1 aliphatic heterocycles. The molecule has 3 rings (SSSR count). The number of benzene rings is 1. The molecule has 1 aliphatic carbocycles. The molecule has 0 spiro atoms. The average Bonchev–Trinajstić information content (AvgIpc) is 3.01. The zero-order valence-corrected chi connectivity index (χ0v) is 14.9. The predicted molar refractivity (Wildman–Crippen MR) is 91.9 cm³/mol. The summed E-state index contributed by atoms with van der Waals surface area (Å²) in [5.74, 6) is 0.0525. The molecule has 0 N–H and O–H groups in total. The Balaban J connectivity index is 1.99. The molecule has 1 aromatic carbocycles. The van der Waals surface area contributed by atoms with Gasteiger partial charge in [0.25, 0.3) is 0 Å². The van der Waals surface area contributed by atoms with E-state index in [1.54, 1.807) is 24.3 Å². The van der Waals surface area contributed by atoms with Gasteiger partial charge in [-0.15, -0.1) is 0 Å². The fraction of sp³-hybridized carbons (Fsp3) is 0.474. The Kier molecular flexibility index (Phi) is 4.01. The van der Waals surface area contributed by atoms with Gasteiger partial charge in [0.05, 0.1) is 21.9 Å². The molecule has 0 bridgehead atoms. The number of fused-ring (bicyclic) bond motifs is 1. The molecule has 2 unspecified atom stereocenters. The minimum atomic E-state index is -3.40. The van der Waals surface area contributed by atoms with Crippen LogP contribution >= 0.6 is 0 Å². The second-order valence-corrected chi connectivity index (χ2v) is 9.35. The molecule has 23 heavy (non-hydrogen) atoms. The highest BCUT2D eigenvalue weighted by Crippen LogP contribution is 2.50. The number of sulfone groups is 1. The number of rotatable bonds is 3. The number of allylic oxidation sites excluding steroid dienone is 1. The van der Waals surface area contributed by atoms with E-state index in [-0.39, 0.29) is 17.9 Å². The van der Waals surface area contributed by atoms with Crippen molar-refractivity contribution in [3.05, 3.63) is 54.1 Å². The quantitative estimate of drug-likeness (QED) is 0.791. The Bertz CT molecular complexity index is 740. The van der Waals surface area contributed by atoms with E-state index >= 15 is 0 Å². The van der Waals surface area contributed by atoms with Gasteiger partial charge in [-0.05, 0) is 39.8 Å². The van der Waals surface area contributed by atoms with Crippen molar-refractivity contribution >= 4 is 9.84 Å². The van der Waals surface area contributed by atoms with Gasteiger partial charge in [-0.1, -0.05) is 42.0 Å². The zero-order chi connectivity index (χ0) is 16.8. The molecule has 4 atom stereocenters. The molecule has 2 aliphatic rings. The predicted octanol–water partition coefficient (Wildman–Crippen LogP) is 3.77. The molecule has 0 aromatic heterocycles. The van der Waals surface area contributed by atoms with Crippen molar-refractivity contribution in [2.45, 2.75) is 49.5 Å².